The third kappa shape index (κ3) is 4.27. The largest absolute Gasteiger partial charge is 0.493 e. The average molecular weight is 436 g/mol. The molecule has 9 heteroatoms. The lowest BCUT2D eigenvalue weighted by Gasteiger charge is -2.22. The fourth-order valence-corrected chi connectivity index (χ4v) is 3.87. The van der Waals surface area contributed by atoms with Crippen molar-refractivity contribution in [1.82, 2.24) is 9.97 Å². The van der Waals surface area contributed by atoms with Crippen molar-refractivity contribution in [2.24, 2.45) is 5.18 Å². The first-order valence-corrected chi connectivity index (χ1v) is 10.2. The van der Waals surface area contributed by atoms with Crippen LogP contribution in [0.5, 0.6) is 28.9 Å². The first-order chi connectivity index (χ1) is 15.7. The molecule has 166 valence electrons. The summed E-state index contributed by atoms with van der Waals surface area (Å²) < 4.78 is 22.2. The second kappa shape index (κ2) is 9.51. The molecule has 0 bridgehead atoms. The summed E-state index contributed by atoms with van der Waals surface area (Å²) in [5.41, 5.74) is 2.60. The van der Waals surface area contributed by atoms with Crippen molar-refractivity contribution in [3.63, 3.8) is 0 Å². The number of hydrogen-bond acceptors (Lipinski definition) is 9. The Morgan fingerprint density at radius 2 is 1.81 bits per heavy atom. The predicted octanol–water partition coefficient (Wildman–Crippen LogP) is 5.18. The Labute approximate surface area is 185 Å². The van der Waals surface area contributed by atoms with Gasteiger partial charge in [-0.15, -0.1) is 0 Å². The Balaban J connectivity index is 1.59. The normalized spacial score (nSPS) is 14.8. The van der Waals surface area contributed by atoms with E-state index in [9.17, 15) is 4.91 Å². The molecule has 1 aromatic heterocycles. The van der Waals surface area contributed by atoms with E-state index in [1.54, 1.807) is 39.7 Å². The number of hydrogen-bond donors (Lipinski definition) is 1. The van der Waals surface area contributed by atoms with Crippen molar-refractivity contribution < 1.29 is 18.9 Å². The first kappa shape index (κ1) is 21.4. The summed E-state index contributed by atoms with van der Waals surface area (Å²) in [7, 11) is 4.66. The molecule has 1 aliphatic rings. The van der Waals surface area contributed by atoms with Crippen LogP contribution >= 0.6 is 0 Å². The van der Waals surface area contributed by atoms with Crippen molar-refractivity contribution in [3.8, 4) is 28.9 Å². The van der Waals surface area contributed by atoms with Gasteiger partial charge >= 0.3 is 0 Å². The molecule has 0 radical (unpaired) electrons. The van der Waals surface area contributed by atoms with Gasteiger partial charge in [0.15, 0.2) is 17.3 Å². The van der Waals surface area contributed by atoms with Gasteiger partial charge in [-0.05, 0) is 30.9 Å². The molecule has 1 N–H and O–H groups in total. The highest BCUT2D eigenvalue weighted by Gasteiger charge is 2.24. The van der Waals surface area contributed by atoms with E-state index in [0.717, 1.165) is 30.4 Å². The van der Waals surface area contributed by atoms with Gasteiger partial charge < -0.3 is 24.3 Å². The molecule has 4 rings (SSSR count). The zero-order valence-corrected chi connectivity index (χ0v) is 18.1. The molecular weight excluding hydrogens is 412 g/mol. The number of nitroso groups, excluding NO2 is 1. The van der Waals surface area contributed by atoms with Crippen molar-refractivity contribution >= 4 is 11.5 Å². The van der Waals surface area contributed by atoms with Crippen LogP contribution in [0.3, 0.4) is 0 Å². The molecule has 1 atom stereocenters. The minimum absolute atomic E-state index is 0.331. The number of methoxy groups -OCH3 is 3. The van der Waals surface area contributed by atoms with E-state index in [2.05, 4.69) is 20.5 Å². The smallest absolute Gasteiger partial charge is 0.239 e. The topological polar surface area (TPSA) is 104 Å². The first-order valence-electron chi connectivity index (χ1n) is 10.2. The van der Waals surface area contributed by atoms with Crippen LogP contribution in [0.4, 0.5) is 11.5 Å². The maximum atomic E-state index is 11.2. The Morgan fingerprint density at radius 3 is 2.50 bits per heavy atom. The number of rotatable bonds is 8. The molecule has 3 aromatic rings. The third-order valence-corrected chi connectivity index (χ3v) is 5.32. The van der Waals surface area contributed by atoms with Crippen LogP contribution in [0.25, 0.3) is 0 Å². The van der Waals surface area contributed by atoms with Crippen molar-refractivity contribution in [3.05, 3.63) is 58.8 Å². The Hall–Kier alpha value is -3.88. The van der Waals surface area contributed by atoms with Crippen LogP contribution in [0, 0.1) is 4.91 Å². The van der Waals surface area contributed by atoms with Crippen molar-refractivity contribution in [2.45, 2.75) is 25.3 Å². The Kier molecular flexibility index (Phi) is 6.34. The van der Waals surface area contributed by atoms with Gasteiger partial charge in [0.1, 0.15) is 11.8 Å². The highest BCUT2D eigenvalue weighted by atomic mass is 16.5. The molecule has 9 nitrogen and oxygen atoms in total. The molecular formula is C23H24N4O5. The van der Waals surface area contributed by atoms with E-state index in [-0.39, 0.29) is 6.04 Å². The Morgan fingerprint density at radius 1 is 1.03 bits per heavy atom. The summed E-state index contributed by atoms with van der Waals surface area (Å²) >= 11 is 0. The van der Waals surface area contributed by atoms with Crippen LogP contribution in [-0.4, -0.2) is 31.3 Å². The Bertz CT molecular complexity index is 1100. The van der Waals surface area contributed by atoms with Crippen LogP contribution in [0.15, 0.2) is 47.9 Å². The number of aromatic nitrogens is 2. The fourth-order valence-electron chi connectivity index (χ4n) is 3.87. The summed E-state index contributed by atoms with van der Waals surface area (Å²) in [6, 6.07) is 8.88. The van der Waals surface area contributed by atoms with Gasteiger partial charge in [-0.3, -0.25) is 4.98 Å². The lowest BCUT2D eigenvalue weighted by Crippen LogP contribution is -2.09. The second-order valence-corrected chi connectivity index (χ2v) is 7.22. The van der Waals surface area contributed by atoms with Crippen molar-refractivity contribution in [1.29, 1.82) is 0 Å². The number of benzene rings is 2. The van der Waals surface area contributed by atoms with Gasteiger partial charge in [0, 0.05) is 23.4 Å². The molecule has 1 heterocycles. The van der Waals surface area contributed by atoms with Crippen LogP contribution in [0.1, 0.15) is 30.0 Å². The maximum absolute atomic E-state index is 11.2. The minimum atomic E-state index is -0.332. The number of fused-ring (bicyclic) bond motifs is 1. The number of anilines is 2. The van der Waals surface area contributed by atoms with E-state index < -0.39 is 0 Å². The summed E-state index contributed by atoms with van der Waals surface area (Å²) in [5.74, 6) is 3.01. The highest BCUT2D eigenvalue weighted by molar-refractivity contribution is 5.66. The molecule has 0 aliphatic heterocycles. The number of nitrogens with one attached hydrogen (secondary N) is 1. The van der Waals surface area contributed by atoms with E-state index in [4.69, 9.17) is 18.9 Å². The molecule has 0 fully saturated rings. The van der Waals surface area contributed by atoms with Gasteiger partial charge in [-0.1, -0.05) is 17.3 Å². The van der Waals surface area contributed by atoms with Gasteiger partial charge in [-0.2, -0.15) is 9.89 Å². The zero-order chi connectivity index (χ0) is 22.5. The van der Waals surface area contributed by atoms with E-state index >= 15 is 0 Å². The highest BCUT2D eigenvalue weighted by Crippen LogP contribution is 2.41. The standard InChI is InChI=1S/C23H24N4O5/c1-29-19-10-14(11-20(30-2)23(19)31-3)25-21-12-24-13-22(26-21)32-18-9-5-6-15-16(18)7-4-8-17(15)27-28/h5-6,9-13,17H,4,7-8H2,1-3H3,(H,25,26). The third-order valence-electron chi connectivity index (χ3n) is 5.32. The zero-order valence-electron chi connectivity index (χ0n) is 18.1. The molecule has 0 spiro atoms. The lowest BCUT2D eigenvalue weighted by atomic mass is 9.87. The average Bonchev–Trinajstić information content (AvgIpc) is 2.83. The SMILES string of the molecule is COc1cc(Nc2cncc(Oc3cccc4c3CCCC4N=O)n2)cc(OC)c1OC. The maximum Gasteiger partial charge on any atom is 0.239 e. The van der Waals surface area contributed by atoms with Gasteiger partial charge in [-0.25, -0.2) is 0 Å². The van der Waals surface area contributed by atoms with E-state index in [1.165, 1.54) is 6.20 Å². The molecule has 0 saturated carbocycles. The molecule has 0 amide bonds. The van der Waals surface area contributed by atoms with Crippen LogP contribution in [-0.2, 0) is 6.42 Å². The quantitative estimate of drug-likeness (QED) is 0.482. The second-order valence-electron chi connectivity index (χ2n) is 7.22. The lowest BCUT2D eigenvalue weighted by molar-refractivity contribution is 0.324. The van der Waals surface area contributed by atoms with E-state index in [1.807, 2.05) is 18.2 Å². The fraction of sp³-hybridized carbons (Fsp3) is 0.304. The molecule has 32 heavy (non-hydrogen) atoms. The number of nitrogens with zero attached hydrogens (tertiary/aromatic N) is 3. The molecule has 2 aromatic carbocycles. The van der Waals surface area contributed by atoms with E-state index in [0.29, 0.717) is 40.4 Å². The molecule has 1 aliphatic carbocycles. The monoisotopic (exact) mass is 436 g/mol. The predicted molar refractivity (Wildman–Crippen MR) is 119 cm³/mol. The van der Waals surface area contributed by atoms with Crippen LogP contribution < -0.4 is 24.3 Å². The summed E-state index contributed by atoms with van der Waals surface area (Å²) in [6.45, 7) is 0. The van der Waals surface area contributed by atoms with Gasteiger partial charge in [0.25, 0.3) is 0 Å². The van der Waals surface area contributed by atoms with Gasteiger partial charge in [0.05, 0.1) is 33.7 Å². The summed E-state index contributed by atoms with van der Waals surface area (Å²) in [5, 5.41) is 6.45. The van der Waals surface area contributed by atoms with Crippen molar-refractivity contribution in [2.75, 3.05) is 26.6 Å². The summed E-state index contributed by atoms with van der Waals surface area (Å²) in [4.78, 5) is 19.9. The number of ether oxygens (including phenoxy) is 4. The molecule has 1 unspecified atom stereocenters. The molecule has 0 saturated heterocycles. The minimum Gasteiger partial charge on any atom is -0.493 e. The van der Waals surface area contributed by atoms with Gasteiger partial charge in [0.2, 0.25) is 11.6 Å². The van der Waals surface area contributed by atoms with Crippen LogP contribution in [0.2, 0.25) is 0 Å². The summed E-state index contributed by atoms with van der Waals surface area (Å²) in [6.07, 6.45) is 5.60.